The Bertz CT molecular complexity index is 1540. The second kappa shape index (κ2) is 7.05. The zero-order valence-electron chi connectivity index (χ0n) is 17.3. The smallest absolute Gasteiger partial charge is 0.382 e. The summed E-state index contributed by atoms with van der Waals surface area (Å²) >= 11 is 0. The lowest BCUT2D eigenvalue weighted by atomic mass is 10.2. The standard InChI is InChI=1S/C20H16F3N9O/c1-10-27-16(17-18(24)25-4-6-31(10)17)11-3-5-32-12(9-26-14(32)7-11)19(33)28-15-8-13(20(21,22)23)29-30(15)2/h3-9H,1-2H3,(H2,24,25)(H,28,33). The van der Waals surface area contributed by atoms with Crippen LogP contribution in [0.25, 0.3) is 22.4 Å². The summed E-state index contributed by atoms with van der Waals surface area (Å²) in [5, 5.41) is 5.83. The SMILES string of the molecule is Cc1nc(-c2ccn3c(C(=O)Nc4cc(C(F)(F)F)nn4C)cnc3c2)c2c(N)nccn12. The minimum Gasteiger partial charge on any atom is -0.382 e. The molecule has 0 unspecified atom stereocenters. The van der Waals surface area contributed by atoms with Crippen LogP contribution in [-0.4, -0.2) is 39.4 Å². The number of pyridine rings is 1. The number of carbonyl (C=O) groups is 1. The minimum absolute atomic E-state index is 0.0955. The zero-order valence-corrected chi connectivity index (χ0v) is 17.3. The van der Waals surface area contributed by atoms with Crippen LogP contribution in [0.15, 0.2) is 43.0 Å². The molecule has 0 aliphatic carbocycles. The summed E-state index contributed by atoms with van der Waals surface area (Å²) in [5.74, 6) is 0.322. The number of hydrogen-bond acceptors (Lipinski definition) is 6. The summed E-state index contributed by atoms with van der Waals surface area (Å²) in [7, 11) is 1.31. The minimum atomic E-state index is -4.62. The first-order chi connectivity index (χ1) is 15.6. The molecule has 10 nitrogen and oxygen atoms in total. The molecule has 0 saturated heterocycles. The number of anilines is 2. The van der Waals surface area contributed by atoms with Gasteiger partial charge in [0.05, 0.1) is 6.20 Å². The number of halogens is 3. The maximum atomic E-state index is 12.9. The van der Waals surface area contributed by atoms with E-state index in [1.807, 2.05) is 11.3 Å². The molecule has 0 spiro atoms. The molecule has 5 aromatic rings. The van der Waals surface area contributed by atoms with E-state index < -0.39 is 17.8 Å². The average molecular weight is 455 g/mol. The molecular formula is C20H16F3N9O. The number of carbonyl (C=O) groups excluding carboxylic acids is 1. The van der Waals surface area contributed by atoms with E-state index in [2.05, 4.69) is 25.4 Å². The molecule has 168 valence electrons. The quantitative estimate of drug-likeness (QED) is 0.432. The Labute approximate surface area is 183 Å². The van der Waals surface area contributed by atoms with E-state index in [-0.39, 0.29) is 11.5 Å². The Morgan fingerprint density at radius 1 is 1.15 bits per heavy atom. The van der Waals surface area contributed by atoms with Crippen LogP contribution in [0.4, 0.5) is 24.8 Å². The van der Waals surface area contributed by atoms with Crippen LogP contribution in [0, 0.1) is 6.92 Å². The zero-order chi connectivity index (χ0) is 23.5. The molecule has 5 aromatic heterocycles. The molecule has 0 fully saturated rings. The van der Waals surface area contributed by atoms with E-state index in [1.54, 1.807) is 30.7 Å². The monoisotopic (exact) mass is 455 g/mol. The van der Waals surface area contributed by atoms with Crippen molar-refractivity contribution < 1.29 is 18.0 Å². The molecule has 0 aliphatic rings. The van der Waals surface area contributed by atoms with E-state index >= 15 is 0 Å². The Morgan fingerprint density at radius 3 is 2.67 bits per heavy atom. The molecule has 13 heteroatoms. The highest BCUT2D eigenvalue weighted by Gasteiger charge is 2.35. The van der Waals surface area contributed by atoms with Gasteiger partial charge in [-0.3, -0.25) is 18.3 Å². The van der Waals surface area contributed by atoms with Gasteiger partial charge in [-0.25, -0.2) is 15.0 Å². The van der Waals surface area contributed by atoms with E-state index in [0.29, 0.717) is 28.2 Å². The van der Waals surface area contributed by atoms with Crippen molar-refractivity contribution in [3.05, 3.63) is 60.2 Å². The van der Waals surface area contributed by atoms with E-state index in [1.165, 1.54) is 17.6 Å². The second-order valence-corrected chi connectivity index (χ2v) is 7.32. The molecule has 5 rings (SSSR count). The van der Waals surface area contributed by atoms with E-state index in [4.69, 9.17) is 5.73 Å². The molecule has 0 radical (unpaired) electrons. The highest BCUT2D eigenvalue weighted by atomic mass is 19.4. The van der Waals surface area contributed by atoms with Crippen molar-refractivity contribution in [1.82, 2.24) is 33.5 Å². The molecule has 5 heterocycles. The molecule has 3 N–H and O–H groups in total. The maximum absolute atomic E-state index is 12.9. The number of nitrogens with one attached hydrogen (secondary N) is 1. The predicted molar refractivity (Wildman–Crippen MR) is 112 cm³/mol. The number of nitrogens with two attached hydrogens (primary N) is 1. The van der Waals surface area contributed by atoms with Crippen molar-refractivity contribution in [2.45, 2.75) is 13.1 Å². The van der Waals surface area contributed by atoms with Crippen molar-refractivity contribution in [3.8, 4) is 11.3 Å². The van der Waals surface area contributed by atoms with Crippen LogP contribution in [0.5, 0.6) is 0 Å². The molecule has 0 aromatic carbocycles. The Morgan fingerprint density at radius 2 is 1.94 bits per heavy atom. The Kier molecular flexibility index (Phi) is 4.37. The molecule has 0 saturated carbocycles. The van der Waals surface area contributed by atoms with Crippen molar-refractivity contribution in [2.75, 3.05) is 11.1 Å². The van der Waals surface area contributed by atoms with Gasteiger partial charge in [-0.05, 0) is 19.1 Å². The number of aryl methyl sites for hydroxylation is 2. The van der Waals surface area contributed by atoms with Gasteiger partial charge >= 0.3 is 6.18 Å². The van der Waals surface area contributed by atoms with Gasteiger partial charge in [-0.15, -0.1) is 0 Å². The summed E-state index contributed by atoms with van der Waals surface area (Å²) in [6, 6.07) is 4.24. The number of fused-ring (bicyclic) bond motifs is 2. The van der Waals surface area contributed by atoms with Crippen molar-refractivity contribution >= 4 is 28.7 Å². The topological polar surface area (TPSA) is 120 Å². The average Bonchev–Trinajstić information content (AvgIpc) is 3.44. The van der Waals surface area contributed by atoms with Crippen molar-refractivity contribution in [3.63, 3.8) is 0 Å². The summed E-state index contributed by atoms with van der Waals surface area (Å²) < 4.78 is 42.9. The predicted octanol–water partition coefficient (Wildman–Crippen LogP) is 2.94. The number of nitrogen functional groups attached to an aromatic ring is 1. The number of imidazole rings is 2. The largest absolute Gasteiger partial charge is 0.435 e. The maximum Gasteiger partial charge on any atom is 0.435 e. The molecule has 1 amide bonds. The summed E-state index contributed by atoms with van der Waals surface area (Å²) in [5.41, 5.74) is 7.52. The third-order valence-electron chi connectivity index (χ3n) is 5.19. The van der Waals surface area contributed by atoms with Gasteiger partial charge in [0.1, 0.15) is 40.0 Å². The highest BCUT2D eigenvalue weighted by Crippen LogP contribution is 2.30. The summed E-state index contributed by atoms with van der Waals surface area (Å²) in [6.07, 6.45) is 1.70. The number of aromatic nitrogens is 7. The molecular weight excluding hydrogens is 439 g/mol. The van der Waals surface area contributed by atoms with Gasteiger partial charge in [0.25, 0.3) is 5.91 Å². The van der Waals surface area contributed by atoms with Crippen LogP contribution in [0.1, 0.15) is 22.0 Å². The lowest BCUT2D eigenvalue weighted by Crippen LogP contribution is -2.16. The first-order valence-electron chi connectivity index (χ1n) is 9.62. The van der Waals surface area contributed by atoms with E-state index in [9.17, 15) is 18.0 Å². The lowest BCUT2D eigenvalue weighted by Gasteiger charge is -2.06. The summed E-state index contributed by atoms with van der Waals surface area (Å²) in [4.78, 5) is 25.7. The normalized spacial score (nSPS) is 12.0. The molecule has 0 bridgehead atoms. The van der Waals surface area contributed by atoms with E-state index in [0.717, 1.165) is 16.6 Å². The van der Waals surface area contributed by atoms with Crippen LogP contribution >= 0.6 is 0 Å². The highest BCUT2D eigenvalue weighted by molar-refractivity contribution is 6.03. The van der Waals surface area contributed by atoms with Crippen LogP contribution in [0.3, 0.4) is 0 Å². The third kappa shape index (κ3) is 3.33. The Hall–Kier alpha value is -4.42. The fourth-order valence-electron chi connectivity index (χ4n) is 3.61. The first kappa shape index (κ1) is 20.5. The van der Waals surface area contributed by atoms with Gasteiger partial charge in [0.15, 0.2) is 5.69 Å². The van der Waals surface area contributed by atoms with Crippen LogP contribution in [-0.2, 0) is 13.2 Å². The van der Waals surface area contributed by atoms with Gasteiger partial charge in [-0.1, -0.05) is 0 Å². The number of amides is 1. The fraction of sp³-hybridized carbons (Fsp3) is 0.150. The van der Waals surface area contributed by atoms with Gasteiger partial charge in [0, 0.05) is 37.3 Å². The van der Waals surface area contributed by atoms with Crippen molar-refractivity contribution in [2.24, 2.45) is 7.05 Å². The number of rotatable bonds is 3. The first-order valence-corrected chi connectivity index (χ1v) is 9.62. The Balaban J connectivity index is 1.50. The van der Waals surface area contributed by atoms with Gasteiger partial charge < -0.3 is 11.1 Å². The second-order valence-electron chi connectivity index (χ2n) is 7.32. The van der Waals surface area contributed by atoms with Crippen LogP contribution in [0.2, 0.25) is 0 Å². The number of hydrogen-bond donors (Lipinski definition) is 2. The molecule has 0 aliphatic heterocycles. The summed E-state index contributed by atoms with van der Waals surface area (Å²) in [6.45, 7) is 1.84. The van der Waals surface area contributed by atoms with Gasteiger partial charge in [0.2, 0.25) is 0 Å². The number of alkyl halides is 3. The lowest BCUT2D eigenvalue weighted by molar-refractivity contribution is -0.141. The number of nitrogens with zero attached hydrogens (tertiary/aromatic N) is 7. The fourth-order valence-corrected chi connectivity index (χ4v) is 3.61. The van der Waals surface area contributed by atoms with Gasteiger partial charge in [-0.2, -0.15) is 18.3 Å². The van der Waals surface area contributed by atoms with Crippen LogP contribution < -0.4 is 11.1 Å². The third-order valence-corrected chi connectivity index (χ3v) is 5.19. The molecule has 0 atom stereocenters. The molecule has 33 heavy (non-hydrogen) atoms. The van der Waals surface area contributed by atoms with Crippen molar-refractivity contribution in [1.29, 1.82) is 0 Å².